The van der Waals surface area contributed by atoms with Gasteiger partial charge < -0.3 is 9.64 Å². The maximum absolute atomic E-state index is 12.2. The summed E-state index contributed by atoms with van der Waals surface area (Å²) in [6.07, 6.45) is 5.21. The Labute approximate surface area is 104 Å². The van der Waals surface area contributed by atoms with Gasteiger partial charge in [-0.25, -0.2) is 4.79 Å². The topological polar surface area (TPSA) is 29.5 Å². The Hall–Kier alpha value is -0.730. The molecule has 1 heterocycles. The molecule has 3 saturated carbocycles. The van der Waals surface area contributed by atoms with Crippen LogP contribution in [0.4, 0.5) is 4.79 Å². The molecule has 0 aromatic heterocycles. The van der Waals surface area contributed by atoms with E-state index in [2.05, 4.69) is 0 Å². The van der Waals surface area contributed by atoms with Gasteiger partial charge in [-0.3, -0.25) is 0 Å². The number of amides is 1. The summed E-state index contributed by atoms with van der Waals surface area (Å²) in [7, 11) is 0. The van der Waals surface area contributed by atoms with Crippen LogP contribution in [0.25, 0.3) is 0 Å². The van der Waals surface area contributed by atoms with Crippen molar-refractivity contribution >= 4 is 6.09 Å². The molecule has 1 saturated heterocycles. The van der Waals surface area contributed by atoms with E-state index in [-0.39, 0.29) is 11.7 Å². The molecular formula is C14H23NO2. The van der Waals surface area contributed by atoms with Crippen LogP contribution in [0.1, 0.15) is 46.5 Å². The van der Waals surface area contributed by atoms with Crippen LogP contribution < -0.4 is 0 Å². The number of carbonyl (C=O) groups is 1. The van der Waals surface area contributed by atoms with Gasteiger partial charge in [0.05, 0.1) is 0 Å². The molecule has 1 unspecified atom stereocenters. The minimum Gasteiger partial charge on any atom is -0.444 e. The van der Waals surface area contributed by atoms with Crippen molar-refractivity contribution in [2.24, 2.45) is 17.8 Å². The van der Waals surface area contributed by atoms with E-state index in [9.17, 15) is 4.79 Å². The molecule has 17 heavy (non-hydrogen) atoms. The SMILES string of the molecule is CC(C)(C)OC(=O)N1C[C@@H]2C[C@H]3CCC2[C@@H]1C3. The van der Waals surface area contributed by atoms with Crippen LogP contribution in [0.5, 0.6) is 0 Å². The van der Waals surface area contributed by atoms with E-state index in [1.807, 2.05) is 25.7 Å². The number of likely N-dealkylation sites (tertiary alicyclic amines) is 1. The van der Waals surface area contributed by atoms with Gasteiger partial charge >= 0.3 is 6.09 Å². The molecule has 4 atom stereocenters. The predicted octanol–water partition coefficient (Wildman–Crippen LogP) is 3.04. The first-order valence-corrected chi connectivity index (χ1v) is 6.93. The molecule has 0 aromatic carbocycles. The first-order chi connectivity index (χ1) is 7.94. The van der Waals surface area contributed by atoms with Crippen molar-refractivity contribution < 1.29 is 9.53 Å². The Morgan fingerprint density at radius 1 is 1.24 bits per heavy atom. The Bertz CT molecular complexity index is 334. The Morgan fingerprint density at radius 3 is 2.59 bits per heavy atom. The predicted molar refractivity (Wildman–Crippen MR) is 65.7 cm³/mol. The lowest BCUT2D eigenvalue weighted by Gasteiger charge is -2.42. The van der Waals surface area contributed by atoms with Crippen LogP contribution >= 0.6 is 0 Å². The lowest BCUT2D eigenvalue weighted by molar-refractivity contribution is 0.0145. The van der Waals surface area contributed by atoms with Crippen molar-refractivity contribution in [3.63, 3.8) is 0 Å². The standard InChI is InChI=1S/C14H23NO2/c1-14(2,3)17-13(16)15-8-10-6-9-4-5-11(10)12(15)7-9/h9-12H,4-8H2,1-3H3/t9-,10+,11?,12+/m1/s1. The highest BCUT2D eigenvalue weighted by molar-refractivity contribution is 5.69. The molecule has 3 aliphatic carbocycles. The molecule has 0 N–H and O–H groups in total. The van der Waals surface area contributed by atoms with Gasteiger partial charge in [-0.15, -0.1) is 0 Å². The summed E-state index contributed by atoms with van der Waals surface area (Å²) >= 11 is 0. The first kappa shape index (κ1) is 11.4. The van der Waals surface area contributed by atoms with Gasteiger partial charge in [0.1, 0.15) is 5.60 Å². The fourth-order valence-corrected chi connectivity index (χ4v) is 4.11. The second-order valence-electron chi connectivity index (χ2n) is 7.04. The average molecular weight is 237 g/mol. The molecular weight excluding hydrogens is 214 g/mol. The van der Waals surface area contributed by atoms with Crippen molar-refractivity contribution in [1.29, 1.82) is 0 Å². The molecule has 1 aliphatic heterocycles. The summed E-state index contributed by atoms with van der Waals surface area (Å²) in [6.45, 7) is 6.78. The highest BCUT2D eigenvalue weighted by Gasteiger charge is 2.52. The summed E-state index contributed by atoms with van der Waals surface area (Å²) in [5.74, 6) is 2.41. The normalized spacial score (nSPS) is 39.6. The van der Waals surface area contributed by atoms with E-state index in [0.29, 0.717) is 6.04 Å². The van der Waals surface area contributed by atoms with E-state index in [0.717, 1.165) is 24.3 Å². The second kappa shape index (κ2) is 3.63. The van der Waals surface area contributed by atoms with Crippen molar-refractivity contribution in [2.45, 2.75) is 58.1 Å². The highest BCUT2D eigenvalue weighted by Crippen LogP contribution is 2.51. The molecule has 3 nitrogen and oxygen atoms in total. The molecule has 1 amide bonds. The summed E-state index contributed by atoms with van der Waals surface area (Å²) in [5, 5.41) is 0. The zero-order valence-corrected chi connectivity index (χ0v) is 11.1. The molecule has 4 rings (SSSR count). The van der Waals surface area contributed by atoms with Crippen LogP contribution in [0.3, 0.4) is 0 Å². The molecule has 4 fully saturated rings. The summed E-state index contributed by atoms with van der Waals surface area (Å²) < 4.78 is 5.52. The Balaban J connectivity index is 1.72. The van der Waals surface area contributed by atoms with Crippen LogP contribution in [0.2, 0.25) is 0 Å². The summed E-state index contributed by atoms with van der Waals surface area (Å²) in [6, 6.07) is 0.488. The van der Waals surface area contributed by atoms with Gasteiger partial charge in [0.15, 0.2) is 0 Å². The van der Waals surface area contributed by atoms with E-state index >= 15 is 0 Å². The van der Waals surface area contributed by atoms with E-state index in [1.54, 1.807) is 0 Å². The molecule has 4 bridgehead atoms. The fraction of sp³-hybridized carbons (Fsp3) is 0.929. The highest BCUT2D eigenvalue weighted by atomic mass is 16.6. The minimum atomic E-state index is -0.368. The smallest absolute Gasteiger partial charge is 0.410 e. The maximum atomic E-state index is 12.2. The van der Waals surface area contributed by atoms with Crippen molar-refractivity contribution in [3.05, 3.63) is 0 Å². The van der Waals surface area contributed by atoms with Gasteiger partial charge in [-0.05, 0) is 57.8 Å². The lowest BCUT2D eigenvalue weighted by atomic mass is 9.65. The van der Waals surface area contributed by atoms with Gasteiger partial charge in [-0.2, -0.15) is 0 Å². The average Bonchev–Trinajstić information content (AvgIpc) is 2.49. The zero-order chi connectivity index (χ0) is 12.2. The van der Waals surface area contributed by atoms with Crippen LogP contribution in [-0.2, 0) is 4.74 Å². The van der Waals surface area contributed by atoms with Crippen LogP contribution in [0, 0.1) is 17.8 Å². The van der Waals surface area contributed by atoms with Crippen LogP contribution in [-0.4, -0.2) is 29.2 Å². The van der Waals surface area contributed by atoms with Crippen LogP contribution in [0.15, 0.2) is 0 Å². The van der Waals surface area contributed by atoms with Crippen molar-refractivity contribution in [1.82, 2.24) is 4.90 Å². The fourth-order valence-electron chi connectivity index (χ4n) is 4.11. The monoisotopic (exact) mass is 237 g/mol. The van der Waals surface area contributed by atoms with Gasteiger partial charge in [0, 0.05) is 12.6 Å². The quantitative estimate of drug-likeness (QED) is 0.648. The maximum Gasteiger partial charge on any atom is 0.410 e. The molecule has 0 aromatic rings. The second-order valence-corrected chi connectivity index (χ2v) is 7.04. The van der Waals surface area contributed by atoms with Crippen molar-refractivity contribution in [3.8, 4) is 0 Å². The van der Waals surface area contributed by atoms with E-state index < -0.39 is 0 Å². The number of fused-ring (bicyclic) bond motifs is 1. The zero-order valence-electron chi connectivity index (χ0n) is 11.1. The van der Waals surface area contributed by atoms with E-state index in [1.165, 1.54) is 25.7 Å². The lowest BCUT2D eigenvalue weighted by Crippen LogP contribution is -2.44. The van der Waals surface area contributed by atoms with E-state index in [4.69, 9.17) is 4.74 Å². The Kier molecular flexibility index (Phi) is 2.43. The van der Waals surface area contributed by atoms with Gasteiger partial charge in [-0.1, -0.05) is 6.42 Å². The molecule has 0 spiro atoms. The first-order valence-electron chi connectivity index (χ1n) is 6.93. The Morgan fingerprint density at radius 2 is 2.00 bits per heavy atom. The molecule has 4 aliphatic rings. The summed E-state index contributed by atoms with van der Waals surface area (Å²) in [4.78, 5) is 14.2. The largest absolute Gasteiger partial charge is 0.444 e. The molecule has 96 valence electrons. The van der Waals surface area contributed by atoms with Gasteiger partial charge in [0.2, 0.25) is 0 Å². The number of hydrogen-bond donors (Lipinski definition) is 0. The number of nitrogens with zero attached hydrogens (tertiary/aromatic N) is 1. The number of hydrogen-bond acceptors (Lipinski definition) is 2. The van der Waals surface area contributed by atoms with Crippen molar-refractivity contribution in [2.75, 3.05) is 6.54 Å². The third kappa shape index (κ3) is 1.94. The third-order valence-corrected chi connectivity index (χ3v) is 4.68. The molecule has 0 radical (unpaired) electrons. The number of rotatable bonds is 0. The molecule has 3 heteroatoms. The number of carbonyl (C=O) groups excluding carboxylic acids is 1. The van der Waals surface area contributed by atoms with Gasteiger partial charge in [0.25, 0.3) is 0 Å². The minimum absolute atomic E-state index is 0.0856. The number of ether oxygens (including phenoxy) is 1. The third-order valence-electron chi connectivity index (χ3n) is 4.68. The summed E-state index contributed by atoms with van der Waals surface area (Å²) in [5.41, 5.74) is -0.368.